The predicted molar refractivity (Wildman–Crippen MR) is 50.0 cm³/mol. The molecule has 0 saturated heterocycles. The summed E-state index contributed by atoms with van der Waals surface area (Å²) in [7, 11) is 0. The van der Waals surface area contributed by atoms with Crippen molar-refractivity contribution in [2.75, 3.05) is 0 Å². The number of rotatable bonds is 3. The summed E-state index contributed by atoms with van der Waals surface area (Å²) < 4.78 is 0. The van der Waals surface area contributed by atoms with Crippen LogP contribution in [-0.4, -0.2) is 0 Å². The number of hydrogen-bond acceptors (Lipinski definition) is 0. The molecular weight excluding hydrogens is 120 g/mol. The fraction of sp³-hybridized carbons (Fsp3) is 0.200. The van der Waals surface area contributed by atoms with Gasteiger partial charge >= 0.3 is 0 Å². The first-order chi connectivity index (χ1) is 4.35. The highest BCUT2D eigenvalue weighted by molar-refractivity contribution is 5.31. The zero-order valence-corrected chi connectivity index (χ0v) is 5.80. The Balaban J connectivity index is 0. The SMILES string of the molecule is C.C=C/C=C(C=C)/C=C/C. The van der Waals surface area contributed by atoms with Gasteiger partial charge in [0.25, 0.3) is 0 Å². The molecule has 0 amide bonds. The van der Waals surface area contributed by atoms with Gasteiger partial charge in [-0.05, 0) is 12.5 Å². The lowest BCUT2D eigenvalue weighted by molar-refractivity contribution is 1.64. The van der Waals surface area contributed by atoms with E-state index >= 15 is 0 Å². The Labute approximate surface area is 64.3 Å². The summed E-state index contributed by atoms with van der Waals surface area (Å²) >= 11 is 0. The fourth-order valence-corrected chi connectivity index (χ4v) is 0.520. The second-order valence-electron chi connectivity index (χ2n) is 1.61. The van der Waals surface area contributed by atoms with Crippen LogP contribution in [-0.2, 0) is 0 Å². The van der Waals surface area contributed by atoms with Crippen molar-refractivity contribution < 1.29 is 0 Å². The van der Waals surface area contributed by atoms with Crippen LogP contribution in [0.2, 0.25) is 0 Å². The van der Waals surface area contributed by atoms with Crippen molar-refractivity contribution in [1.82, 2.24) is 0 Å². The van der Waals surface area contributed by atoms with Crippen LogP contribution in [0, 0.1) is 0 Å². The Kier molecular flexibility index (Phi) is 9.33. The summed E-state index contributed by atoms with van der Waals surface area (Å²) in [6.07, 6.45) is 9.40. The van der Waals surface area contributed by atoms with Gasteiger partial charge in [-0.2, -0.15) is 0 Å². The largest absolute Gasteiger partial charge is 0.0990 e. The van der Waals surface area contributed by atoms with Crippen LogP contribution in [0.3, 0.4) is 0 Å². The van der Waals surface area contributed by atoms with Gasteiger partial charge in [0.1, 0.15) is 0 Å². The zero-order valence-electron chi connectivity index (χ0n) is 5.80. The maximum atomic E-state index is 3.63. The van der Waals surface area contributed by atoms with E-state index in [4.69, 9.17) is 0 Å². The van der Waals surface area contributed by atoms with E-state index in [1.807, 2.05) is 25.2 Å². The minimum Gasteiger partial charge on any atom is -0.0990 e. The molecule has 0 aromatic rings. The highest BCUT2D eigenvalue weighted by atomic mass is 13.8. The molecule has 0 aromatic heterocycles. The Morgan fingerprint density at radius 1 is 1.30 bits per heavy atom. The van der Waals surface area contributed by atoms with E-state index in [1.165, 1.54) is 0 Å². The molecule has 0 aliphatic carbocycles. The lowest BCUT2D eigenvalue weighted by Crippen LogP contribution is -1.65. The Morgan fingerprint density at radius 2 is 1.90 bits per heavy atom. The smallest absolute Gasteiger partial charge is 0.0266 e. The van der Waals surface area contributed by atoms with E-state index in [9.17, 15) is 0 Å². The first-order valence-corrected chi connectivity index (χ1v) is 2.93. The molecule has 0 spiro atoms. The quantitative estimate of drug-likeness (QED) is 0.521. The molecule has 0 unspecified atom stereocenters. The van der Waals surface area contributed by atoms with Crippen molar-refractivity contribution in [2.24, 2.45) is 0 Å². The van der Waals surface area contributed by atoms with Crippen molar-refractivity contribution in [3.8, 4) is 0 Å². The lowest BCUT2D eigenvalue weighted by atomic mass is 10.2. The zero-order chi connectivity index (χ0) is 7.11. The molecule has 0 saturated carbocycles. The molecule has 0 bridgehead atoms. The number of allylic oxidation sites excluding steroid dienone is 6. The molecule has 0 heteroatoms. The third-order valence-electron chi connectivity index (χ3n) is 0.905. The van der Waals surface area contributed by atoms with Gasteiger partial charge in [-0.25, -0.2) is 0 Å². The molecule has 56 valence electrons. The van der Waals surface area contributed by atoms with Crippen LogP contribution in [0.25, 0.3) is 0 Å². The van der Waals surface area contributed by atoms with Crippen LogP contribution in [0.4, 0.5) is 0 Å². The highest BCUT2D eigenvalue weighted by Crippen LogP contribution is 1.96. The van der Waals surface area contributed by atoms with E-state index < -0.39 is 0 Å². The van der Waals surface area contributed by atoms with Crippen molar-refractivity contribution in [1.29, 1.82) is 0 Å². The second-order valence-corrected chi connectivity index (χ2v) is 1.61. The summed E-state index contributed by atoms with van der Waals surface area (Å²) in [5.74, 6) is 0. The monoisotopic (exact) mass is 136 g/mol. The standard InChI is InChI=1S/C9H12.CH4/c1-4-7-9(6-3)8-5-2;/h4-8H,1,3H2,2H3;1H4/b8-5+,9-7+;. The van der Waals surface area contributed by atoms with Crippen molar-refractivity contribution >= 4 is 0 Å². The molecule has 0 fully saturated rings. The normalized spacial score (nSPS) is 10.7. The summed E-state index contributed by atoms with van der Waals surface area (Å²) in [5.41, 5.74) is 1.09. The lowest BCUT2D eigenvalue weighted by Gasteiger charge is -1.85. The Hall–Kier alpha value is -1.04. The fourth-order valence-electron chi connectivity index (χ4n) is 0.520. The van der Waals surface area contributed by atoms with Crippen LogP contribution in [0.15, 0.2) is 49.1 Å². The van der Waals surface area contributed by atoms with Crippen LogP contribution in [0.5, 0.6) is 0 Å². The predicted octanol–water partition coefficient (Wildman–Crippen LogP) is 3.50. The maximum Gasteiger partial charge on any atom is -0.0266 e. The minimum absolute atomic E-state index is 0. The molecule has 0 atom stereocenters. The van der Waals surface area contributed by atoms with Crippen molar-refractivity contribution in [3.05, 3.63) is 49.1 Å². The van der Waals surface area contributed by atoms with E-state index in [0.29, 0.717) is 0 Å². The van der Waals surface area contributed by atoms with Crippen LogP contribution < -0.4 is 0 Å². The van der Waals surface area contributed by atoms with Gasteiger partial charge in [0.05, 0.1) is 0 Å². The minimum atomic E-state index is 0. The average molecular weight is 136 g/mol. The topological polar surface area (TPSA) is 0 Å². The van der Waals surface area contributed by atoms with Gasteiger partial charge in [-0.3, -0.25) is 0 Å². The maximum absolute atomic E-state index is 3.63. The summed E-state index contributed by atoms with van der Waals surface area (Å²) in [6, 6.07) is 0. The molecule has 0 aliphatic heterocycles. The van der Waals surface area contributed by atoms with Crippen molar-refractivity contribution in [3.63, 3.8) is 0 Å². The molecule has 0 aliphatic rings. The summed E-state index contributed by atoms with van der Waals surface area (Å²) in [6.45, 7) is 9.18. The first-order valence-electron chi connectivity index (χ1n) is 2.93. The van der Waals surface area contributed by atoms with Gasteiger partial charge in [-0.1, -0.05) is 51.0 Å². The number of hydrogen-bond donors (Lipinski definition) is 0. The summed E-state index contributed by atoms with van der Waals surface area (Å²) in [5, 5.41) is 0. The molecule has 0 N–H and O–H groups in total. The van der Waals surface area contributed by atoms with E-state index in [-0.39, 0.29) is 7.43 Å². The second kappa shape index (κ2) is 7.96. The van der Waals surface area contributed by atoms with Gasteiger partial charge in [0, 0.05) is 0 Å². The summed E-state index contributed by atoms with van der Waals surface area (Å²) in [4.78, 5) is 0. The Bertz CT molecular complexity index is 147. The molecule has 0 radical (unpaired) electrons. The third kappa shape index (κ3) is 5.10. The van der Waals surface area contributed by atoms with Gasteiger partial charge in [0.15, 0.2) is 0 Å². The average Bonchev–Trinajstić information content (AvgIpc) is 1.88. The van der Waals surface area contributed by atoms with Gasteiger partial charge in [-0.15, -0.1) is 0 Å². The van der Waals surface area contributed by atoms with Gasteiger partial charge < -0.3 is 0 Å². The van der Waals surface area contributed by atoms with Gasteiger partial charge in [0.2, 0.25) is 0 Å². The van der Waals surface area contributed by atoms with Crippen LogP contribution >= 0.6 is 0 Å². The molecule has 0 nitrogen and oxygen atoms in total. The van der Waals surface area contributed by atoms with Crippen LogP contribution in [0.1, 0.15) is 14.4 Å². The Morgan fingerprint density at radius 3 is 2.20 bits per heavy atom. The van der Waals surface area contributed by atoms with E-state index in [1.54, 1.807) is 12.2 Å². The molecule has 0 rings (SSSR count). The van der Waals surface area contributed by atoms with E-state index in [2.05, 4.69) is 13.2 Å². The molecular formula is C10H16. The third-order valence-corrected chi connectivity index (χ3v) is 0.905. The molecule has 10 heavy (non-hydrogen) atoms. The van der Waals surface area contributed by atoms with Crippen molar-refractivity contribution in [2.45, 2.75) is 14.4 Å². The molecule has 0 aromatic carbocycles. The highest BCUT2D eigenvalue weighted by Gasteiger charge is 1.76. The van der Waals surface area contributed by atoms with E-state index in [0.717, 1.165) is 5.57 Å². The molecule has 0 heterocycles. The first kappa shape index (κ1) is 11.7.